The van der Waals surface area contributed by atoms with Gasteiger partial charge in [-0.3, -0.25) is 14.9 Å². The predicted octanol–water partition coefficient (Wildman–Crippen LogP) is 2.37. The molecular weight excluding hydrogens is 400 g/mol. The summed E-state index contributed by atoms with van der Waals surface area (Å²) in [4.78, 5) is 34.7. The van der Waals surface area contributed by atoms with Gasteiger partial charge in [0, 0.05) is 24.2 Å². The summed E-state index contributed by atoms with van der Waals surface area (Å²) in [6.45, 7) is 1.72. The van der Waals surface area contributed by atoms with E-state index in [9.17, 15) is 28.1 Å². The molecule has 2 rings (SSSR count). The molecule has 1 amide bonds. The van der Waals surface area contributed by atoms with Crippen molar-refractivity contribution in [2.24, 2.45) is 0 Å². The number of carbonyl (C=O) groups is 2. The number of nitrogens with zero attached hydrogens (tertiary/aromatic N) is 1. The van der Waals surface area contributed by atoms with E-state index in [2.05, 4.69) is 5.32 Å². The number of nitro groups is 1. The summed E-state index contributed by atoms with van der Waals surface area (Å²) in [6, 6.07) is 11.2. The molecule has 2 aromatic carbocycles. The summed E-state index contributed by atoms with van der Waals surface area (Å²) in [7, 11) is -3.47. The summed E-state index contributed by atoms with van der Waals surface area (Å²) in [5.41, 5.74) is -0.626. The van der Waals surface area contributed by atoms with E-state index >= 15 is 0 Å². The second-order valence-electron chi connectivity index (χ2n) is 5.99. The third-order valence-electron chi connectivity index (χ3n) is 3.88. The number of ether oxygens (including phenoxy) is 1. The van der Waals surface area contributed by atoms with Gasteiger partial charge in [-0.05, 0) is 31.5 Å². The Morgan fingerprint density at radius 2 is 1.76 bits per heavy atom. The first-order valence-corrected chi connectivity index (χ1v) is 10.4. The highest BCUT2D eigenvalue weighted by atomic mass is 32.2. The van der Waals surface area contributed by atoms with Crippen molar-refractivity contribution < 1.29 is 27.7 Å². The predicted molar refractivity (Wildman–Crippen MR) is 104 cm³/mol. The van der Waals surface area contributed by atoms with Gasteiger partial charge >= 0.3 is 5.97 Å². The Balaban J connectivity index is 2.03. The summed E-state index contributed by atoms with van der Waals surface area (Å²) in [5.74, 6) is -1.60. The molecule has 9 nitrogen and oxygen atoms in total. The number of hydrogen-bond donors (Lipinski definition) is 1. The van der Waals surface area contributed by atoms with Crippen LogP contribution in [0.3, 0.4) is 0 Å². The molecule has 0 heterocycles. The molecule has 29 heavy (non-hydrogen) atoms. The van der Waals surface area contributed by atoms with Gasteiger partial charge in [0.2, 0.25) is 0 Å². The summed E-state index contributed by atoms with van der Waals surface area (Å²) in [6.07, 6.45) is 0.155. The maximum atomic E-state index is 12.3. The highest BCUT2D eigenvalue weighted by Gasteiger charge is 2.19. The molecule has 0 atom stereocenters. The van der Waals surface area contributed by atoms with E-state index in [1.807, 2.05) is 0 Å². The van der Waals surface area contributed by atoms with Crippen molar-refractivity contribution in [1.29, 1.82) is 0 Å². The van der Waals surface area contributed by atoms with Crippen LogP contribution < -0.4 is 5.32 Å². The van der Waals surface area contributed by atoms with Crippen LogP contribution in [0, 0.1) is 10.1 Å². The number of hydrogen-bond acceptors (Lipinski definition) is 7. The van der Waals surface area contributed by atoms with Crippen LogP contribution in [0.25, 0.3) is 0 Å². The van der Waals surface area contributed by atoms with Crippen molar-refractivity contribution in [2.75, 3.05) is 18.9 Å². The van der Waals surface area contributed by atoms with Crippen molar-refractivity contribution in [3.63, 3.8) is 0 Å². The molecule has 154 valence electrons. The number of non-ortho nitro benzene ring substituents is 1. The van der Waals surface area contributed by atoms with Gasteiger partial charge < -0.3 is 10.1 Å². The molecule has 0 saturated carbocycles. The first kappa shape index (κ1) is 22.0. The van der Waals surface area contributed by atoms with E-state index in [1.165, 1.54) is 18.2 Å². The number of nitrogens with one attached hydrogen (secondary N) is 1. The molecule has 0 saturated heterocycles. The molecule has 0 unspecified atom stereocenters. The van der Waals surface area contributed by atoms with Crippen LogP contribution in [0.5, 0.6) is 0 Å². The topological polar surface area (TPSA) is 133 Å². The quantitative estimate of drug-likeness (QED) is 0.285. The largest absolute Gasteiger partial charge is 0.462 e. The summed E-state index contributed by atoms with van der Waals surface area (Å²) < 4.78 is 29.2. The summed E-state index contributed by atoms with van der Waals surface area (Å²) in [5, 5.41) is 13.6. The van der Waals surface area contributed by atoms with Crippen LogP contribution in [0.15, 0.2) is 53.4 Å². The number of benzene rings is 2. The normalized spacial score (nSPS) is 10.9. The van der Waals surface area contributed by atoms with Crippen LogP contribution in [0.2, 0.25) is 0 Å². The lowest BCUT2D eigenvalue weighted by molar-refractivity contribution is -0.384. The van der Waals surface area contributed by atoms with Crippen molar-refractivity contribution >= 4 is 27.4 Å². The van der Waals surface area contributed by atoms with E-state index in [0.717, 1.165) is 12.1 Å². The zero-order valence-corrected chi connectivity index (χ0v) is 16.5. The van der Waals surface area contributed by atoms with Crippen molar-refractivity contribution in [3.05, 3.63) is 69.8 Å². The molecule has 1 N–H and O–H groups in total. The van der Waals surface area contributed by atoms with Crippen LogP contribution >= 0.6 is 0 Å². The molecule has 0 aliphatic carbocycles. The molecule has 2 aromatic rings. The third-order valence-corrected chi connectivity index (χ3v) is 5.70. The summed E-state index contributed by atoms with van der Waals surface area (Å²) >= 11 is 0. The second kappa shape index (κ2) is 9.78. The zero-order chi connectivity index (χ0) is 21.4. The minimum absolute atomic E-state index is 0.0440. The van der Waals surface area contributed by atoms with Crippen molar-refractivity contribution in [1.82, 2.24) is 5.32 Å². The van der Waals surface area contributed by atoms with E-state index in [4.69, 9.17) is 4.74 Å². The van der Waals surface area contributed by atoms with Gasteiger partial charge in [-0.25, -0.2) is 13.2 Å². The maximum absolute atomic E-state index is 12.3. The average molecular weight is 420 g/mol. The fourth-order valence-electron chi connectivity index (χ4n) is 2.49. The number of amides is 1. The molecular formula is C19H20N2O7S. The fourth-order valence-corrected chi connectivity index (χ4v) is 3.82. The second-order valence-corrected chi connectivity index (χ2v) is 8.10. The van der Waals surface area contributed by atoms with Gasteiger partial charge in [-0.2, -0.15) is 0 Å². The Kier molecular flexibility index (Phi) is 7.43. The standard InChI is InChI=1S/C19H20N2O7S/c1-2-28-19(23)15-11-14(12-16(13-15)21(24)25)18(22)20-9-6-10-29(26,27)17-7-4-3-5-8-17/h3-5,7-8,11-13H,2,6,9-10H2,1H3,(H,20,22). The van der Waals surface area contributed by atoms with Gasteiger partial charge in [0.05, 0.1) is 27.7 Å². The Bertz CT molecular complexity index is 1000. The molecule has 0 bridgehead atoms. The molecule has 0 aliphatic heterocycles. The third kappa shape index (κ3) is 6.11. The monoisotopic (exact) mass is 420 g/mol. The van der Waals surface area contributed by atoms with Gasteiger partial charge in [0.1, 0.15) is 0 Å². The van der Waals surface area contributed by atoms with Crippen molar-refractivity contribution in [3.8, 4) is 0 Å². The average Bonchev–Trinajstić information content (AvgIpc) is 2.71. The van der Waals surface area contributed by atoms with Gasteiger partial charge in [-0.15, -0.1) is 0 Å². The Morgan fingerprint density at radius 3 is 2.38 bits per heavy atom. The van der Waals surface area contributed by atoms with Crippen molar-refractivity contribution in [2.45, 2.75) is 18.2 Å². The lowest BCUT2D eigenvalue weighted by Crippen LogP contribution is -2.26. The van der Waals surface area contributed by atoms with Gasteiger partial charge in [0.25, 0.3) is 11.6 Å². The molecule has 0 aliphatic rings. The minimum atomic E-state index is -3.47. The number of nitro benzene ring substituents is 1. The fraction of sp³-hybridized carbons (Fsp3) is 0.263. The highest BCUT2D eigenvalue weighted by molar-refractivity contribution is 7.91. The van der Waals surface area contributed by atoms with E-state index in [-0.39, 0.29) is 41.3 Å². The van der Waals surface area contributed by atoms with E-state index in [0.29, 0.717) is 0 Å². The molecule has 0 aromatic heterocycles. The Hall–Kier alpha value is -3.27. The zero-order valence-electron chi connectivity index (χ0n) is 15.7. The molecule has 0 fully saturated rings. The van der Waals surface area contributed by atoms with Crippen LogP contribution in [0.4, 0.5) is 5.69 Å². The van der Waals surface area contributed by atoms with E-state index in [1.54, 1.807) is 25.1 Å². The molecule has 0 radical (unpaired) electrons. The number of esters is 1. The Labute approximate surface area is 167 Å². The van der Waals surface area contributed by atoms with Gasteiger partial charge in [-0.1, -0.05) is 18.2 Å². The van der Waals surface area contributed by atoms with Crippen LogP contribution in [-0.2, 0) is 14.6 Å². The van der Waals surface area contributed by atoms with Crippen LogP contribution in [0.1, 0.15) is 34.1 Å². The first-order chi connectivity index (χ1) is 13.7. The highest BCUT2D eigenvalue weighted by Crippen LogP contribution is 2.18. The molecule has 0 spiro atoms. The number of carbonyl (C=O) groups excluding carboxylic acids is 2. The molecule has 10 heteroatoms. The maximum Gasteiger partial charge on any atom is 0.338 e. The SMILES string of the molecule is CCOC(=O)c1cc(C(=O)NCCCS(=O)(=O)c2ccccc2)cc([N+](=O)[O-])c1. The minimum Gasteiger partial charge on any atom is -0.462 e. The van der Waals surface area contributed by atoms with Gasteiger partial charge in [0.15, 0.2) is 9.84 Å². The first-order valence-electron chi connectivity index (χ1n) is 8.77. The lowest BCUT2D eigenvalue weighted by atomic mass is 10.1. The Morgan fingerprint density at radius 1 is 1.10 bits per heavy atom. The number of rotatable bonds is 9. The lowest BCUT2D eigenvalue weighted by Gasteiger charge is -2.08. The number of sulfone groups is 1. The smallest absolute Gasteiger partial charge is 0.338 e. The van der Waals surface area contributed by atoms with Crippen LogP contribution in [-0.4, -0.2) is 44.1 Å². The van der Waals surface area contributed by atoms with E-state index < -0.39 is 32.3 Å².